The Morgan fingerprint density at radius 2 is 1.85 bits per heavy atom. The largest absolute Gasteiger partial charge is 0.454 e. The Labute approximate surface area is 192 Å². The molecule has 4 aromatic rings. The van der Waals surface area contributed by atoms with Crippen LogP contribution in [-0.2, 0) is 7.05 Å². The third kappa shape index (κ3) is 4.45. The second-order valence-corrected chi connectivity index (χ2v) is 7.88. The van der Waals surface area contributed by atoms with Gasteiger partial charge in [0.25, 0.3) is 5.56 Å². The number of ether oxygens (including phenoxy) is 1. The van der Waals surface area contributed by atoms with E-state index >= 15 is 0 Å². The maximum atomic E-state index is 14.3. The summed E-state index contributed by atoms with van der Waals surface area (Å²) in [5.41, 5.74) is 2.03. The number of benzene rings is 3. The molecule has 4 rings (SSSR count). The molecular weight excluding hydrogens is 444 g/mol. The van der Waals surface area contributed by atoms with E-state index < -0.39 is 11.6 Å². The molecule has 0 spiro atoms. The Morgan fingerprint density at radius 1 is 1.06 bits per heavy atom. The molecule has 5 nitrogen and oxygen atoms in total. The van der Waals surface area contributed by atoms with E-state index in [1.165, 1.54) is 28.6 Å². The molecule has 0 fully saturated rings. The minimum absolute atomic E-state index is 0.139. The lowest BCUT2D eigenvalue weighted by Crippen LogP contribution is -2.16. The Balaban J connectivity index is 1.96. The number of aromatic nitrogens is 1. The molecular formula is C25H17F2N3O2S. The molecule has 0 atom stereocenters. The van der Waals surface area contributed by atoms with E-state index in [0.717, 1.165) is 17.8 Å². The predicted octanol–water partition coefficient (Wildman–Crippen LogP) is 6.35. The van der Waals surface area contributed by atoms with Gasteiger partial charge in [-0.05, 0) is 65.2 Å². The number of fused-ring (bicyclic) bond motifs is 1. The number of nitriles is 1. The van der Waals surface area contributed by atoms with Crippen LogP contribution in [0.4, 0.5) is 14.5 Å². The highest BCUT2D eigenvalue weighted by Crippen LogP contribution is 2.39. The summed E-state index contributed by atoms with van der Waals surface area (Å²) in [5, 5.41) is 11.9. The minimum Gasteiger partial charge on any atom is -0.454 e. The van der Waals surface area contributed by atoms with E-state index in [2.05, 4.69) is 11.3 Å². The van der Waals surface area contributed by atoms with Crippen molar-refractivity contribution < 1.29 is 13.5 Å². The molecule has 164 valence electrons. The van der Waals surface area contributed by atoms with Gasteiger partial charge in [-0.1, -0.05) is 12.6 Å². The molecule has 0 aliphatic carbocycles. The zero-order valence-corrected chi connectivity index (χ0v) is 18.2. The van der Waals surface area contributed by atoms with Crippen molar-refractivity contribution in [1.29, 1.82) is 5.26 Å². The van der Waals surface area contributed by atoms with Crippen LogP contribution in [0.2, 0.25) is 0 Å². The monoisotopic (exact) mass is 461 g/mol. The molecule has 3 aromatic carbocycles. The normalized spacial score (nSPS) is 10.6. The van der Waals surface area contributed by atoms with Crippen molar-refractivity contribution in [1.82, 2.24) is 4.57 Å². The average molecular weight is 461 g/mol. The minimum atomic E-state index is -0.839. The quantitative estimate of drug-likeness (QED) is 0.339. The van der Waals surface area contributed by atoms with Gasteiger partial charge in [-0.3, -0.25) is 4.79 Å². The smallest absolute Gasteiger partial charge is 0.258 e. The predicted molar refractivity (Wildman–Crippen MR) is 127 cm³/mol. The van der Waals surface area contributed by atoms with E-state index in [-0.39, 0.29) is 11.3 Å². The van der Waals surface area contributed by atoms with Gasteiger partial charge in [0.15, 0.2) is 11.6 Å². The first-order valence-electron chi connectivity index (χ1n) is 9.74. The Morgan fingerprint density at radius 3 is 2.58 bits per heavy atom. The molecule has 1 aromatic heterocycles. The Kier molecular flexibility index (Phi) is 6.16. The number of pyridine rings is 1. The van der Waals surface area contributed by atoms with Crippen molar-refractivity contribution in [2.45, 2.75) is 0 Å². The molecule has 8 heteroatoms. The van der Waals surface area contributed by atoms with Gasteiger partial charge in [-0.25, -0.2) is 8.78 Å². The van der Waals surface area contributed by atoms with Gasteiger partial charge in [-0.15, -0.1) is 0 Å². The van der Waals surface area contributed by atoms with Crippen molar-refractivity contribution in [2.24, 2.45) is 7.05 Å². The van der Waals surface area contributed by atoms with Gasteiger partial charge in [-0.2, -0.15) is 5.26 Å². The van der Waals surface area contributed by atoms with Gasteiger partial charge in [0.2, 0.25) is 0 Å². The van der Waals surface area contributed by atoms with Crippen LogP contribution in [0, 0.1) is 23.0 Å². The summed E-state index contributed by atoms with van der Waals surface area (Å²) in [7, 11) is 1.61. The second-order valence-electron chi connectivity index (χ2n) is 7.11. The van der Waals surface area contributed by atoms with Gasteiger partial charge < -0.3 is 14.0 Å². The summed E-state index contributed by atoms with van der Waals surface area (Å²) < 4.78 is 38.0. The Bertz CT molecular complexity index is 1490. The van der Waals surface area contributed by atoms with E-state index in [9.17, 15) is 18.8 Å². The standard InChI is InChI=1S/C25H17F2N3O2S/c1-3-33-29-17-6-9-23(32-24-8-5-16(26)11-22(24)27)19(12-17)21-14-30(2)25(31)20-10-15(13-28)4-7-18(20)21/h3-12,14,29H,1H2,2H3. The van der Waals surface area contributed by atoms with E-state index in [4.69, 9.17) is 4.74 Å². The maximum Gasteiger partial charge on any atom is 0.258 e. The van der Waals surface area contributed by atoms with Crippen molar-refractivity contribution in [3.8, 4) is 28.7 Å². The first-order chi connectivity index (χ1) is 15.9. The van der Waals surface area contributed by atoms with Gasteiger partial charge in [0, 0.05) is 41.5 Å². The second kappa shape index (κ2) is 9.18. The number of hydrogen-bond donors (Lipinski definition) is 1. The van der Waals surface area contributed by atoms with Crippen LogP contribution in [0.25, 0.3) is 21.9 Å². The van der Waals surface area contributed by atoms with Crippen LogP contribution < -0.4 is 15.0 Å². The highest BCUT2D eigenvalue weighted by atomic mass is 32.2. The molecule has 33 heavy (non-hydrogen) atoms. The summed E-state index contributed by atoms with van der Waals surface area (Å²) in [6.45, 7) is 3.66. The number of hydrogen-bond acceptors (Lipinski definition) is 5. The maximum absolute atomic E-state index is 14.3. The van der Waals surface area contributed by atoms with Gasteiger partial charge >= 0.3 is 0 Å². The van der Waals surface area contributed by atoms with Crippen molar-refractivity contribution in [2.75, 3.05) is 4.72 Å². The summed E-state index contributed by atoms with van der Waals surface area (Å²) in [5.74, 6) is -1.38. The first kappa shape index (κ1) is 22.1. The molecule has 0 amide bonds. The molecule has 0 bridgehead atoms. The van der Waals surface area contributed by atoms with Crippen molar-refractivity contribution >= 4 is 28.4 Å². The summed E-state index contributed by atoms with van der Waals surface area (Å²) in [4.78, 5) is 12.8. The van der Waals surface area contributed by atoms with Crippen LogP contribution in [0.15, 0.2) is 77.6 Å². The topological polar surface area (TPSA) is 67.0 Å². The zero-order chi connectivity index (χ0) is 23.5. The first-order valence-corrected chi connectivity index (χ1v) is 10.6. The van der Waals surface area contributed by atoms with Crippen molar-refractivity contribution in [3.05, 3.63) is 100 Å². The summed E-state index contributed by atoms with van der Waals surface area (Å²) >= 11 is 1.27. The SMILES string of the molecule is C=CSNc1ccc(Oc2ccc(F)cc2F)c(-c2cn(C)c(=O)c3cc(C#N)ccc23)c1. The highest BCUT2D eigenvalue weighted by molar-refractivity contribution is 8.03. The van der Waals surface area contributed by atoms with E-state index in [1.54, 1.807) is 49.0 Å². The third-order valence-electron chi connectivity index (χ3n) is 4.96. The van der Waals surface area contributed by atoms with Crippen molar-refractivity contribution in [3.63, 3.8) is 0 Å². The van der Waals surface area contributed by atoms with E-state index in [0.29, 0.717) is 33.2 Å². The fourth-order valence-electron chi connectivity index (χ4n) is 3.43. The third-order valence-corrected chi connectivity index (χ3v) is 5.48. The average Bonchev–Trinajstić information content (AvgIpc) is 2.82. The summed E-state index contributed by atoms with van der Waals surface area (Å²) in [6, 6.07) is 15.2. The lowest BCUT2D eigenvalue weighted by Gasteiger charge is -2.16. The zero-order valence-electron chi connectivity index (χ0n) is 17.4. The fourth-order valence-corrected chi connectivity index (χ4v) is 3.78. The van der Waals surface area contributed by atoms with Crippen LogP contribution >= 0.6 is 11.9 Å². The molecule has 0 saturated carbocycles. The number of aryl methyl sites for hydroxylation is 1. The fraction of sp³-hybridized carbons (Fsp3) is 0.0400. The lowest BCUT2D eigenvalue weighted by molar-refractivity contribution is 0.439. The molecule has 0 unspecified atom stereocenters. The van der Waals surface area contributed by atoms with Crippen LogP contribution in [0.5, 0.6) is 11.5 Å². The molecule has 1 N–H and O–H groups in total. The Hall–Kier alpha value is -4.09. The number of anilines is 1. The number of rotatable bonds is 6. The number of nitrogens with one attached hydrogen (secondary N) is 1. The molecule has 1 heterocycles. The molecule has 0 aliphatic rings. The van der Waals surface area contributed by atoms with Crippen LogP contribution in [0.3, 0.4) is 0 Å². The summed E-state index contributed by atoms with van der Waals surface area (Å²) in [6.07, 6.45) is 1.66. The van der Waals surface area contributed by atoms with Gasteiger partial charge in [0.1, 0.15) is 11.6 Å². The van der Waals surface area contributed by atoms with Crippen LogP contribution in [0.1, 0.15) is 5.56 Å². The molecule has 0 aliphatic heterocycles. The molecule has 0 radical (unpaired) electrons. The van der Waals surface area contributed by atoms with Crippen LogP contribution in [-0.4, -0.2) is 4.57 Å². The molecule has 0 saturated heterocycles. The lowest BCUT2D eigenvalue weighted by atomic mass is 9.98. The highest BCUT2D eigenvalue weighted by Gasteiger charge is 2.17. The number of halogens is 2. The van der Waals surface area contributed by atoms with Gasteiger partial charge in [0.05, 0.1) is 11.6 Å². The number of nitrogens with zero attached hydrogens (tertiary/aromatic N) is 2. The van der Waals surface area contributed by atoms with E-state index in [1.807, 2.05) is 6.07 Å².